The second-order valence-electron chi connectivity index (χ2n) is 6.38. The lowest BCUT2D eigenvalue weighted by atomic mass is 10.0. The summed E-state index contributed by atoms with van der Waals surface area (Å²) in [6.07, 6.45) is 2.53. The van der Waals surface area contributed by atoms with Crippen molar-refractivity contribution in [3.63, 3.8) is 0 Å². The van der Waals surface area contributed by atoms with Gasteiger partial charge in [0.05, 0.1) is 22.5 Å². The van der Waals surface area contributed by atoms with Crippen LogP contribution < -0.4 is 10.0 Å². The van der Waals surface area contributed by atoms with Gasteiger partial charge in [-0.05, 0) is 30.0 Å². The van der Waals surface area contributed by atoms with Crippen molar-refractivity contribution >= 4 is 40.1 Å². The van der Waals surface area contributed by atoms with Crippen molar-refractivity contribution in [2.24, 2.45) is 5.92 Å². The number of pyridine rings is 1. The molecule has 3 rings (SSSR count). The summed E-state index contributed by atoms with van der Waals surface area (Å²) in [6, 6.07) is 4.76. The Kier molecular flexibility index (Phi) is 5.16. The molecule has 0 spiro atoms. The normalized spacial score (nSPS) is 12.6. The number of nitrogens with zero attached hydrogens (tertiary/aromatic N) is 3. The van der Waals surface area contributed by atoms with Crippen molar-refractivity contribution in [3.05, 3.63) is 51.8 Å². The second kappa shape index (κ2) is 7.21. The standard InChI is InChI=1S/C18H17Cl2FN4O/c1-9(2)10(3)23-15-14(12-5-4-11(19)8-13(12)20)17(21)24-18-16(15)22-6-7-25(18)26/h4-10H,1-3H3,(H,23,24). The van der Waals surface area contributed by atoms with E-state index in [-0.39, 0.29) is 33.7 Å². The van der Waals surface area contributed by atoms with Crippen molar-refractivity contribution in [2.75, 3.05) is 5.32 Å². The molecule has 3 aromatic rings. The summed E-state index contributed by atoms with van der Waals surface area (Å²) in [5.41, 5.74) is 1.13. The van der Waals surface area contributed by atoms with Gasteiger partial charge >= 0.3 is 11.6 Å². The van der Waals surface area contributed by atoms with Crippen LogP contribution in [-0.2, 0) is 0 Å². The highest BCUT2D eigenvalue weighted by Crippen LogP contribution is 2.39. The lowest BCUT2D eigenvalue weighted by Gasteiger charge is -2.21. The van der Waals surface area contributed by atoms with Crippen LogP contribution in [0.25, 0.3) is 22.3 Å². The van der Waals surface area contributed by atoms with Gasteiger partial charge in [0.2, 0.25) is 0 Å². The summed E-state index contributed by atoms with van der Waals surface area (Å²) in [4.78, 5) is 8.06. The summed E-state index contributed by atoms with van der Waals surface area (Å²) >= 11 is 12.3. The van der Waals surface area contributed by atoms with Gasteiger partial charge in [-0.25, -0.2) is 9.71 Å². The van der Waals surface area contributed by atoms with Gasteiger partial charge in [0.1, 0.15) is 6.20 Å². The molecule has 1 unspecified atom stereocenters. The molecule has 1 aromatic carbocycles. The maximum Gasteiger partial charge on any atom is 0.357 e. The van der Waals surface area contributed by atoms with E-state index in [9.17, 15) is 9.60 Å². The first kappa shape index (κ1) is 18.6. The van der Waals surface area contributed by atoms with E-state index in [0.717, 1.165) is 0 Å². The molecule has 0 saturated heterocycles. The zero-order valence-corrected chi connectivity index (χ0v) is 15.9. The molecule has 5 nitrogen and oxygen atoms in total. The molecule has 0 radical (unpaired) electrons. The first-order valence-corrected chi connectivity index (χ1v) is 8.84. The third kappa shape index (κ3) is 3.39. The minimum Gasteiger partial charge on any atom is -0.710 e. The molecule has 0 amide bonds. The van der Waals surface area contributed by atoms with Gasteiger partial charge in [0.25, 0.3) is 0 Å². The zero-order chi connectivity index (χ0) is 19.0. The third-order valence-corrected chi connectivity index (χ3v) is 4.84. The van der Waals surface area contributed by atoms with Crippen LogP contribution in [0.2, 0.25) is 10.0 Å². The summed E-state index contributed by atoms with van der Waals surface area (Å²) in [5, 5.41) is 16.0. The van der Waals surface area contributed by atoms with E-state index < -0.39 is 5.95 Å². The van der Waals surface area contributed by atoms with Gasteiger partial charge in [0.15, 0.2) is 5.52 Å². The predicted octanol–water partition coefficient (Wildman–Crippen LogP) is 4.83. The Hall–Kier alpha value is -2.18. The molecule has 1 N–H and O–H groups in total. The van der Waals surface area contributed by atoms with Crippen LogP contribution in [0, 0.1) is 17.1 Å². The molecule has 8 heteroatoms. The highest BCUT2D eigenvalue weighted by Gasteiger charge is 2.27. The molecular formula is C18H17Cl2FN4O. The molecule has 26 heavy (non-hydrogen) atoms. The van der Waals surface area contributed by atoms with Gasteiger partial charge in [-0.15, -0.1) is 0 Å². The largest absolute Gasteiger partial charge is 0.710 e. The summed E-state index contributed by atoms with van der Waals surface area (Å²) in [6.45, 7) is 6.04. The van der Waals surface area contributed by atoms with Crippen LogP contribution in [0.15, 0.2) is 30.6 Å². The van der Waals surface area contributed by atoms with Gasteiger partial charge in [0, 0.05) is 16.6 Å². The van der Waals surface area contributed by atoms with Crippen molar-refractivity contribution in [1.29, 1.82) is 0 Å². The molecule has 0 aliphatic rings. The Balaban J connectivity index is 2.35. The Labute approximate surface area is 160 Å². The Morgan fingerprint density at radius 2 is 1.96 bits per heavy atom. The number of hydrogen-bond acceptors (Lipinski definition) is 4. The Morgan fingerprint density at radius 1 is 1.23 bits per heavy atom. The lowest BCUT2D eigenvalue weighted by molar-refractivity contribution is -0.579. The molecule has 0 saturated carbocycles. The topological polar surface area (TPSA) is 64.8 Å². The van der Waals surface area contributed by atoms with Crippen molar-refractivity contribution < 1.29 is 9.12 Å². The first-order valence-electron chi connectivity index (χ1n) is 8.09. The molecule has 2 aromatic heterocycles. The average molecular weight is 395 g/mol. The van der Waals surface area contributed by atoms with Crippen LogP contribution in [0.4, 0.5) is 10.1 Å². The van der Waals surface area contributed by atoms with Crippen molar-refractivity contribution in [3.8, 4) is 11.1 Å². The molecule has 0 aliphatic carbocycles. The maximum absolute atomic E-state index is 15.0. The quantitative estimate of drug-likeness (QED) is 0.390. The van der Waals surface area contributed by atoms with Crippen LogP contribution in [0.3, 0.4) is 0 Å². The van der Waals surface area contributed by atoms with Gasteiger partial charge in [-0.3, -0.25) is 0 Å². The predicted molar refractivity (Wildman–Crippen MR) is 102 cm³/mol. The molecule has 136 valence electrons. The number of benzene rings is 1. The first-order chi connectivity index (χ1) is 12.3. The number of aromatic nitrogens is 3. The van der Waals surface area contributed by atoms with Crippen LogP contribution in [-0.4, -0.2) is 16.0 Å². The fourth-order valence-electron chi connectivity index (χ4n) is 2.52. The summed E-state index contributed by atoms with van der Waals surface area (Å²) in [5.74, 6) is -0.546. The number of halogens is 3. The number of fused-ring (bicyclic) bond motifs is 1. The minimum atomic E-state index is -0.808. The molecule has 1 atom stereocenters. The van der Waals surface area contributed by atoms with Crippen LogP contribution in [0.5, 0.6) is 0 Å². The molecule has 0 bridgehead atoms. The van der Waals surface area contributed by atoms with E-state index in [2.05, 4.69) is 15.3 Å². The highest BCUT2D eigenvalue weighted by atomic mass is 35.5. The number of hydrogen-bond donors (Lipinski definition) is 1. The number of rotatable bonds is 4. The van der Waals surface area contributed by atoms with E-state index in [1.54, 1.807) is 12.1 Å². The highest BCUT2D eigenvalue weighted by molar-refractivity contribution is 6.36. The molecule has 2 heterocycles. The number of nitrogens with one attached hydrogen (secondary N) is 1. The van der Waals surface area contributed by atoms with Gasteiger partial charge in [-0.1, -0.05) is 43.1 Å². The van der Waals surface area contributed by atoms with E-state index in [1.807, 2.05) is 20.8 Å². The van der Waals surface area contributed by atoms with Crippen molar-refractivity contribution in [2.45, 2.75) is 26.8 Å². The average Bonchev–Trinajstić information content (AvgIpc) is 2.57. The third-order valence-electron chi connectivity index (χ3n) is 4.30. The smallest absolute Gasteiger partial charge is 0.357 e. The molecule has 0 aliphatic heterocycles. The van der Waals surface area contributed by atoms with E-state index in [4.69, 9.17) is 23.2 Å². The Bertz CT molecular complexity index is 981. The fourth-order valence-corrected chi connectivity index (χ4v) is 3.03. The van der Waals surface area contributed by atoms with Gasteiger partial charge < -0.3 is 10.5 Å². The maximum atomic E-state index is 15.0. The van der Waals surface area contributed by atoms with Crippen molar-refractivity contribution in [1.82, 2.24) is 9.97 Å². The summed E-state index contributed by atoms with van der Waals surface area (Å²) < 4.78 is 15.4. The minimum absolute atomic E-state index is 0.00747. The van der Waals surface area contributed by atoms with Crippen LogP contribution in [0.1, 0.15) is 20.8 Å². The SMILES string of the molecule is CC(C)C(C)Nc1c(-c2ccc(Cl)cc2Cl)c(F)nc2c1ncc[n+]2[O-]. The molecular weight excluding hydrogens is 378 g/mol. The summed E-state index contributed by atoms with van der Waals surface area (Å²) in [7, 11) is 0. The Morgan fingerprint density at radius 3 is 2.62 bits per heavy atom. The second-order valence-corrected chi connectivity index (χ2v) is 7.22. The molecule has 0 fully saturated rings. The fraction of sp³-hybridized carbons (Fsp3) is 0.278. The lowest BCUT2D eigenvalue weighted by Crippen LogP contribution is -2.29. The zero-order valence-electron chi connectivity index (χ0n) is 14.4. The van der Waals surface area contributed by atoms with E-state index in [1.165, 1.54) is 18.5 Å². The van der Waals surface area contributed by atoms with E-state index >= 15 is 0 Å². The van der Waals surface area contributed by atoms with E-state index in [0.29, 0.717) is 21.0 Å². The van der Waals surface area contributed by atoms with Crippen LogP contribution >= 0.6 is 23.2 Å². The monoisotopic (exact) mass is 394 g/mol. The van der Waals surface area contributed by atoms with Gasteiger partial charge in [-0.2, -0.15) is 4.39 Å². The number of anilines is 1.